The van der Waals surface area contributed by atoms with Gasteiger partial charge in [-0.25, -0.2) is 9.18 Å². The molecule has 0 radical (unpaired) electrons. The van der Waals surface area contributed by atoms with Crippen LogP contribution in [-0.2, 0) is 14.3 Å². The number of aliphatic imine (C=N–C) groups is 1. The molecule has 1 aromatic rings. The minimum atomic E-state index is -0.415. The van der Waals surface area contributed by atoms with Crippen LogP contribution in [0.1, 0.15) is 24.3 Å². The number of carbonyl (C=O) groups is 2. The van der Waals surface area contributed by atoms with E-state index in [1.165, 1.54) is 6.07 Å². The van der Waals surface area contributed by atoms with E-state index in [9.17, 15) is 14.0 Å². The Morgan fingerprint density at radius 2 is 2.05 bits per heavy atom. The average molecular weight is 411 g/mol. The number of rotatable bonds is 1. The number of hydrogen-bond donors (Lipinski definition) is 0. The van der Waals surface area contributed by atoms with Gasteiger partial charge in [0.2, 0.25) is 0 Å². The molecule has 0 aromatic heterocycles. The van der Waals surface area contributed by atoms with Crippen LogP contribution in [0.5, 0.6) is 0 Å². The summed E-state index contributed by atoms with van der Waals surface area (Å²) in [6, 6.07) is 4.72. The Morgan fingerprint density at radius 1 is 1.23 bits per heavy atom. The Labute approximate surface area is 139 Å². The summed E-state index contributed by atoms with van der Waals surface area (Å²) in [7, 11) is 0. The first kappa shape index (κ1) is 14.0. The lowest BCUT2D eigenvalue weighted by Crippen LogP contribution is -2.30. The van der Waals surface area contributed by atoms with Gasteiger partial charge >= 0.3 is 5.97 Å². The Morgan fingerprint density at radius 3 is 2.82 bits per heavy atom. The van der Waals surface area contributed by atoms with Gasteiger partial charge < -0.3 is 4.74 Å². The molecule has 0 spiro atoms. The van der Waals surface area contributed by atoms with Crippen molar-refractivity contribution in [3.63, 3.8) is 0 Å². The van der Waals surface area contributed by atoms with E-state index in [0.29, 0.717) is 27.7 Å². The van der Waals surface area contributed by atoms with E-state index in [4.69, 9.17) is 4.74 Å². The molecule has 22 heavy (non-hydrogen) atoms. The van der Waals surface area contributed by atoms with Gasteiger partial charge in [0.1, 0.15) is 18.2 Å². The van der Waals surface area contributed by atoms with Crippen molar-refractivity contribution < 1.29 is 18.7 Å². The van der Waals surface area contributed by atoms with E-state index in [0.717, 1.165) is 11.3 Å². The SMILES string of the molecule is O=C1OCC2=C1C(c1ccc(F)c(I)c1)C1C(=O)CCC1=N2. The molecule has 1 saturated carbocycles. The van der Waals surface area contributed by atoms with Crippen molar-refractivity contribution in [3.05, 3.63) is 44.4 Å². The Kier molecular flexibility index (Phi) is 3.18. The fraction of sp³-hybridized carbons (Fsp3) is 0.312. The molecule has 0 N–H and O–H groups in total. The molecule has 1 aromatic carbocycles. The highest BCUT2D eigenvalue weighted by Gasteiger charge is 2.47. The molecule has 1 aliphatic carbocycles. The number of hydrogen-bond acceptors (Lipinski definition) is 4. The Balaban J connectivity index is 1.90. The van der Waals surface area contributed by atoms with Gasteiger partial charge in [-0.1, -0.05) is 6.07 Å². The normalized spacial score (nSPS) is 26.7. The van der Waals surface area contributed by atoms with Crippen LogP contribution in [0, 0.1) is 15.3 Å². The second-order valence-electron chi connectivity index (χ2n) is 5.63. The first-order valence-corrected chi connectivity index (χ1v) is 8.09. The fourth-order valence-electron chi connectivity index (χ4n) is 3.46. The van der Waals surface area contributed by atoms with Gasteiger partial charge in [-0.3, -0.25) is 9.79 Å². The second kappa shape index (κ2) is 4.97. The highest BCUT2D eigenvalue weighted by atomic mass is 127. The quantitative estimate of drug-likeness (QED) is 0.528. The lowest BCUT2D eigenvalue weighted by atomic mass is 9.76. The lowest BCUT2D eigenvalue weighted by Gasteiger charge is -2.27. The zero-order valence-corrected chi connectivity index (χ0v) is 13.6. The molecule has 3 aliphatic rings. The Bertz CT molecular complexity index is 784. The first-order chi connectivity index (χ1) is 10.6. The third-order valence-corrected chi connectivity index (χ3v) is 5.26. The molecule has 2 heterocycles. The third kappa shape index (κ3) is 1.96. The van der Waals surface area contributed by atoms with E-state index in [1.54, 1.807) is 12.1 Å². The molecule has 6 heteroatoms. The van der Waals surface area contributed by atoms with Crippen LogP contribution in [-0.4, -0.2) is 24.1 Å². The molecule has 1 fully saturated rings. The number of carbonyl (C=O) groups excluding carboxylic acids is 2. The molecule has 4 nitrogen and oxygen atoms in total. The third-order valence-electron chi connectivity index (χ3n) is 4.43. The van der Waals surface area contributed by atoms with E-state index >= 15 is 0 Å². The standard InChI is InChI=1S/C16H11FINO3/c17-8-2-1-7(5-9(8)18)13-14-10(3-4-12(14)20)19-11-6-22-16(21)15(11)13/h1-2,5,13-14H,3-4,6H2. The summed E-state index contributed by atoms with van der Waals surface area (Å²) < 4.78 is 19.1. The maximum absolute atomic E-state index is 13.6. The summed E-state index contributed by atoms with van der Waals surface area (Å²) in [4.78, 5) is 28.9. The van der Waals surface area contributed by atoms with Gasteiger partial charge in [0.25, 0.3) is 0 Å². The van der Waals surface area contributed by atoms with Crippen LogP contribution in [0.3, 0.4) is 0 Å². The van der Waals surface area contributed by atoms with Gasteiger partial charge in [-0.2, -0.15) is 0 Å². The lowest BCUT2D eigenvalue weighted by molar-refractivity contribution is -0.136. The van der Waals surface area contributed by atoms with Gasteiger partial charge in [-0.05, 0) is 46.7 Å². The maximum atomic E-state index is 13.6. The largest absolute Gasteiger partial charge is 0.456 e. The van der Waals surface area contributed by atoms with Crippen LogP contribution in [0.2, 0.25) is 0 Å². The van der Waals surface area contributed by atoms with Crippen LogP contribution in [0.25, 0.3) is 0 Å². The second-order valence-corrected chi connectivity index (χ2v) is 6.80. The smallest absolute Gasteiger partial charge is 0.337 e. The summed E-state index contributed by atoms with van der Waals surface area (Å²) in [5.74, 6) is -1.45. The Hall–Kier alpha value is -1.57. The summed E-state index contributed by atoms with van der Waals surface area (Å²) in [6.07, 6.45) is 1.08. The molecule has 2 aliphatic heterocycles. The molecular weight excluding hydrogens is 400 g/mol. The van der Waals surface area contributed by atoms with E-state index in [-0.39, 0.29) is 18.2 Å². The topological polar surface area (TPSA) is 55.7 Å². The molecule has 2 atom stereocenters. The van der Waals surface area contributed by atoms with Crippen LogP contribution in [0.4, 0.5) is 4.39 Å². The summed E-state index contributed by atoms with van der Waals surface area (Å²) >= 11 is 1.91. The van der Waals surface area contributed by atoms with E-state index in [1.807, 2.05) is 22.6 Å². The zero-order valence-electron chi connectivity index (χ0n) is 11.4. The van der Waals surface area contributed by atoms with Crippen molar-refractivity contribution in [1.82, 2.24) is 0 Å². The van der Waals surface area contributed by atoms with Crippen molar-refractivity contribution >= 4 is 40.1 Å². The number of cyclic esters (lactones) is 1. The monoisotopic (exact) mass is 411 g/mol. The van der Waals surface area contributed by atoms with Crippen LogP contribution in [0.15, 0.2) is 34.5 Å². The van der Waals surface area contributed by atoms with Crippen molar-refractivity contribution in [3.8, 4) is 0 Å². The minimum absolute atomic E-state index is 0.0920. The fourth-order valence-corrected chi connectivity index (χ4v) is 4.00. The minimum Gasteiger partial charge on any atom is -0.456 e. The highest BCUT2D eigenvalue weighted by molar-refractivity contribution is 14.1. The number of esters is 1. The zero-order chi connectivity index (χ0) is 15.4. The number of ether oxygens (including phenoxy) is 1. The number of Topliss-reactive ketones (excluding diaryl/α,β-unsaturated/α-hetero) is 1. The van der Waals surface area contributed by atoms with Gasteiger partial charge in [-0.15, -0.1) is 0 Å². The summed E-state index contributed by atoms with van der Waals surface area (Å²) in [5.41, 5.74) is 2.68. The molecule has 0 saturated heterocycles. The predicted octanol–water partition coefficient (Wildman–Crippen LogP) is 2.76. The first-order valence-electron chi connectivity index (χ1n) is 7.01. The molecule has 0 amide bonds. The van der Waals surface area contributed by atoms with Gasteiger partial charge in [0.05, 0.1) is 17.2 Å². The number of nitrogens with zero attached hydrogens (tertiary/aromatic N) is 1. The van der Waals surface area contributed by atoms with Crippen molar-refractivity contribution in [2.24, 2.45) is 10.9 Å². The van der Waals surface area contributed by atoms with Crippen LogP contribution < -0.4 is 0 Å². The van der Waals surface area contributed by atoms with E-state index in [2.05, 4.69) is 4.99 Å². The number of halogens is 2. The average Bonchev–Trinajstić information content (AvgIpc) is 3.05. The summed E-state index contributed by atoms with van der Waals surface area (Å²) in [5, 5.41) is 0. The van der Waals surface area contributed by atoms with Gasteiger partial charge in [0.15, 0.2) is 0 Å². The van der Waals surface area contributed by atoms with Crippen molar-refractivity contribution in [2.75, 3.05) is 6.61 Å². The maximum Gasteiger partial charge on any atom is 0.337 e. The summed E-state index contributed by atoms with van der Waals surface area (Å²) in [6.45, 7) is 0.160. The van der Waals surface area contributed by atoms with Crippen molar-refractivity contribution in [2.45, 2.75) is 18.8 Å². The van der Waals surface area contributed by atoms with E-state index < -0.39 is 17.8 Å². The number of benzene rings is 1. The predicted molar refractivity (Wildman–Crippen MR) is 85.0 cm³/mol. The molecule has 4 rings (SSSR count). The number of fused-ring (bicyclic) bond motifs is 1. The van der Waals surface area contributed by atoms with Crippen LogP contribution >= 0.6 is 22.6 Å². The molecule has 2 unspecified atom stereocenters. The van der Waals surface area contributed by atoms with Gasteiger partial charge in [0, 0.05) is 21.6 Å². The van der Waals surface area contributed by atoms with Crippen molar-refractivity contribution in [1.29, 1.82) is 0 Å². The highest BCUT2D eigenvalue weighted by Crippen LogP contribution is 2.45. The molecule has 0 bridgehead atoms. The molecular formula is C16H11FINO3. The molecule has 112 valence electrons. The number of ketones is 1.